The summed E-state index contributed by atoms with van der Waals surface area (Å²) in [7, 11) is 5.94. The van der Waals surface area contributed by atoms with Crippen molar-refractivity contribution in [2.75, 3.05) is 47.5 Å². The zero-order chi connectivity index (χ0) is 63.3. The summed E-state index contributed by atoms with van der Waals surface area (Å²) in [6.45, 7) is 4.68. The van der Waals surface area contributed by atoms with E-state index >= 15 is 0 Å². The minimum absolute atomic E-state index is 0.149. The van der Waals surface area contributed by atoms with Gasteiger partial charge in [0.2, 0.25) is 0 Å². The second kappa shape index (κ2) is 68.6. The van der Waals surface area contributed by atoms with Crippen molar-refractivity contribution in [1.82, 2.24) is 0 Å². The highest BCUT2D eigenvalue weighted by molar-refractivity contribution is 5.70. The van der Waals surface area contributed by atoms with Crippen LogP contribution in [-0.2, 0) is 33.3 Å². The molecule has 0 saturated carbocycles. The Balaban J connectivity index is 3.96. The van der Waals surface area contributed by atoms with Crippen molar-refractivity contribution in [3.63, 3.8) is 0 Å². The Morgan fingerprint density at radius 3 is 0.989 bits per heavy atom. The number of carbonyl (C=O) groups is 3. The summed E-state index contributed by atoms with van der Waals surface area (Å²) < 4.78 is 22.8. The van der Waals surface area contributed by atoms with Gasteiger partial charge in [-0.1, -0.05) is 324 Å². The minimum Gasteiger partial charge on any atom is -0.545 e. The normalized spacial score (nSPS) is 13.1. The van der Waals surface area contributed by atoms with E-state index in [-0.39, 0.29) is 32.2 Å². The topological polar surface area (TPSA) is 111 Å². The molecular formula is C78H141NO8. The molecule has 506 valence electrons. The van der Waals surface area contributed by atoms with Crippen LogP contribution in [0.4, 0.5) is 0 Å². The molecule has 0 bridgehead atoms. The summed E-state index contributed by atoms with van der Waals surface area (Å²) in [5.41, 5.74) is 0. The molecule has 0 amide bonds. The van der Waals surface area contributed by atoms with Crippen LogP contribution in [0.15, 0.2) is 72.9 Å². The first-order chi connectivity index (χ1) is 42.6. The Kier molecular flexibility index (Phi) is 66.1. The van der Waals surface area contributed by atoms with Gasteiger partial charge in [-0.2, -0.15) is 0 Å². The number of hydrogen-bond donors (Lipinski definition) is 0. The number of likely N-dealkylation sites (N-methyl/N-ethyl adjacent to an activating group) is 1. The Labute approximate surface area is 538 Å². The lowest BCUT2D eigenvalue weighted by molar-refractivity contribution is -0.870. The SMILES string of the molecule is CC/C=C\C/C=C\C/C=C\C/C=C\C/C=C\CCCCCCCCCCCCCCCCCCCCCCCCCCCC(=O)OC(COC(=O)CCCCCCCCCCC/C=C\CCCCCCCCCC)COC(OCC[N+](C)(C)C)C(=O)[O-]. The van der Waals surface area contributed by atoms with Crippen molar-refractivity contribution in [2.45, 2.75) is 360 Å². The number of unbranched alkanes of at least 4 members (excludes halogenated alkanes) is 42. The van der Waals surface area contributed by atoms with Crippen LogP contribution >= 0.6 is 0 Å². The molecule has 0 spiro atoms. The van der Waals surface area contributed by atoms with Crippen molar-refractivity contribution in [3.8, 4) is 0 Å². The highest BCUT2D eigenvalue weighted by Crippen LogP contribution is 2.19. The van der Waals surface area contributed by atoms with E-state index in [1.165, 1.54) is 250 Å². The highest BCUT2D eigenvalue weighted by atomic mass is 16.7. The molecule has 0 N–H and O–H groups in total. The van der Waals surface area contributed by atoms with E-state index in [1.54, 1.807) is 0 Å². The third-order valence-corrected chi connectivity index (χ3v) is 16.4. The number of nitrogens with zero attached hydrogens (tertiary/aromatic N) is 1. The number of carbonyl (C=O) groups excluding carboxylic acids is 3. The van der Waals surface area contributed by atoms with Crippen molar-refractivity contribution >= 4 is 17.9 Å². The van der Waals surface area contributed by atoms with Crippen molar-refractivity contribution in [3.05, 3.63) is 72.9 Å². The van der Waals surface area contributed by atoms with Gasteiger partial charge < -0.3 is 33.3 Å². The van der Waals surface area contributed by atoms with Gasteiger partial charge in [0.15, 0.2) is 12.4 Å². The Hall–Kier alpha value is -3.27. The molecule has 9 heteroatoms. The van der Waals surface area contributed by atoms with Crippen LogP contribution < -0.4 is 5.11 Å². The lowest BCUT2D eigenvalue weighted by Crippen LogP contribution is -2.44. The average Bonchev–Trinajstić information content (AvgIpc) is 3.59. The van der Waals surface area contributed by atoms with Gasteiger partial charge in [0.25, 0.3) is 0 Å². The molecule has 0 heterocycles. The van der Waals surface area contributed by atoms with Gasteiger partial charge in [0.05, 0.1) is 40.3 Å². The van der Waals surface area contributed by atoms with Crippen LogP contribution in [0.5, 0.6) is 0 Å². The molecule has 0 aromatic heterocycles. The molecule has 0 fully saturated rings. The average molecular weight is 1220 g/mol. The van der Waals surface area contributed by atoms with Crippen LogP contribution in [0.3, 0.4) is 0 Å². The fourth-order valence-corrected chi connectivity index (χ4v) is 10.8. The van der Waals surface area contributed by atoms with Crippen LogP contribution in [-0.4, -0.2) is 82.3 Å². The third kappa shape index (κ3) is 70.1. The molecule has 0 radical (unpaired) electrons. The number of quaternary nitrogens is 1. The third-order valence-electron chi connectivity index (χ3n) is 16.4. The van der Waals surface area contributed by atoms with Crippen LogP contribution in [0, 0.1) is 0 Å². The quantitative estimate of drug-likeness (QED) is 0.0195. The number of carboxylic acid groups (broad SMARTS) is 1. The van der Waals surface area contributed by atoms with E-state index in [4.69, 9.17) is 18.9 Å². The van der Waals surface area contributed by atoms with Crippen molar-refractivity contribution in [1.29, 1.82) is 0 Å². The van der Waals surface area contributed by atoms with E-state index in [0.717, 1.165) is 64.2 Å². The zero-order valence-corrected chi connectivity index (χ0v) is 57.9. The van der Waals surface area contributed by atoms with Gasteiger partial charge in [-0.25, -0.2) is 0 Å². The van der Waals surface area contributed by atoms with E-state index in [1.807, 2.05) is 21.1 Å². The van der Waals surface area contributed by atoms with E-state index in [0.29, 0.717) is 23.9 Å². The molecular weight excluding hydrogens is 1080 g/mol. The molecule has 2 atom stereocenters. The molecule has 0 saturated heterocycles. The van der Waals surface area contributed by atoms with Gasteiger partial charge >= 0.3 is 11.9 Å². The van der Waals surface area contributed by atoms with E-state index in [9.17, 15) is 19.5 Å². The second-order valence-electron chi connectivity index (χ2n) is 26.2. The first-order valence-electron chi connectivity index (χ1n) is 37.1. The molecule has 0 aromatic carbocycles. The summed E-state index contributed by atoms with van der Waals surface area (Å²) in [5, 5.41) is 11.8. The molecule has 87 heavy (non-hydrogen) atoms. The van der Waals surface area contributed by atoms with Crippen molar-refractivity contribution < 1.29 is 42.9 Å². The molecule has 0 aliphatic rings. The lowest BCUT2D eigenvalue weighted by atomic mass is 10.0. The van der Waals surface area contributed by atoms with Crippen LogP contribution in [0.2, 0.25) is 0 Å². The highest BCUT2D eigenvalue weighted by Gasteiger charge is 2.22. The number of rotatable bonds is 69. The summed E-state index contributed by atoms with van der Waals surface area (Å²) in [4.78, 5) is 37.5. The standard InChI is InChI=1S/C78H141NO8/c1-6-8-10-12-14-16-18-20-22-24-26-28-29-30-31-32-33-34-35-36-37-38-39-40-41-42-43-44-45-46-47-49-51-53-55-57-59-61-63-65-67-69-76(81)87-74(73-86-78(77(82)83)84-71-70-79(3,4)5)72-85-75(80)68-66-64-62-60-58-56-54-52-50-48-27-25-23-21-19-17-15-13-11-9-7-2/h8,10,14,16,20,22,25-28,30-31,74,78H,6-7,9,11-13,15,17-19,21,23-24,29,32-73H2,1-5H3/b10-8-,16-14-,22-20-,27-25-,28-26-,31-30-. The lowest BCUT2D eigenvalue weighted by Gasteiger charge is -2.26. The molecule has 0 aromatic rings. The fraction of sp³-hybridized carbons (Fsp3) is 0.808. The Bertz CT molecular complexity index is 1660. The van der Waals surface area contributed by atoms with Crippen LogP contribution in [0.25, 0.3) is 0 Å². The summed E-state index contributed by atoms with van der Waals surface area (Å²) in [6.07, 6.45) is 88.7. The predicted molar refractivity (Wildman–Crippen MR) is 371 cm³/mol. The summed E-state index contributed by atoms with van der Waals surface area (Å²) in [5.74, 6) is -2.26. The fourth-order valence-electron chi connectivity index (χ4n) is 10.8. The molecule has 0 aliphatic carbocycles. The smallest absolute Gasteiger partial charge is 0.306 e. The monoisotopic (exact) mass is 1220 g/mol. The second-order valence-corrected chi connectivity index (χ2v) is 26.2. The maximum absolute atomic E-state index is 12.9. The number of carboxylic acids is 1. The number of ether oxygens (including phenoxy) is 4. The predicted octanol–water partition coefficient (Wildman–Crippen LogP) is 21.9. The Morgan fingerprint density at radius 2 is 0.655 bits per heavy atom. The molecule has 9 nitrogen and oxygen atoms in total. The number of esters is 2. The van der Waals surface area contributed by atoms with E-state index in [2.05, 4.69) is 86.8 Å². The zero-order valence-electron chi connectivity index (χ0n) is 57.9. The van der Waals surface area contributed by atoms with Gasteiger partial charge in [-0.15, -0.1) is 0 Å². The number of allylic oxidation sites excluding steroid dienone is 12. The number of aliphatic carboxylic acids is 1. The first-order valence-corrected chi connectivity index (χ1v) is 37.1. The van der Waals surface area contributed by atoms with Crippen molar-refractivity contribution in [2.24, 2.45) is 0 Å². The van der Waals surface area contributed by atoms with Gasteiger partial charge in [0.1, 0.15) is 13.2 Å². The maximum atomic E-state index is 12.9. The summed E-state index contributed by atoms with van der Waals surface area (Å²) >= 11 is 0. The van der Waals surface area contributed by atoms with Crippen LogP contribution in [0.1, 0.15) is 348 Å². The summed E-state index contributed by atoms with van der Waals surface area (Å²) in [6, 6.07) is 0. The Morgan fingerprint density at radius 1 is 0.356 bits per heavy atom. The minimum atomic E-state index is -1.62. The van der Waals surface area contributed by atoms with Gasteiger partial charge in [-0.05, 0) is 83.5 Å². The van der Waals surface area contributed by atoms with Gasteiger partial charge in [0, 0.05) is 12.8 Å². The molecule has 0 rings (SSSR count). The molecule has 0 aliphatic heterocycles. The maximum Gasteiger partial charge on any atom is 0.306 e. The number of hydrogen-bond acceptors (Lipinski definition) is 8. The largest absolute Gasteiger partial charge is 0.545 e. The van der Waals surface area contributed by atoms with Gasteiger partial charge in [-0.3, -0.25) is 9.59 Å². The molecule has 2 unspecified atom stereocenters. The first kappa shape index (κ1) is 83.7. The van der Waals surface area contributed by atoms with E-state index < -0.39 is 24.3 Å².